The van der Waals surface area contributed by atoms with Crippen LogP contribution in [0, 0.1) is 0 Å². The van der Waals surface area contributed by atoms with Crippen molar-refractivity contribution in [1.29, 1.82) is 0 Å². The number of nitrogens with one attached hydrogen (secondary N) is 1. The normalized spacial score (nSPS) is 17.3. The van der Waals surface area contributed by atoms with Gasteiger partial charge >= 0.3 is 0 Å². The molecule has 0 aliphatic carbocycles. The molecule has 2 heteroatoms. The number of rotatable bonds is 0. The maximum atomic E-state index is 11.3. The third-order valence-electron chi connectivity index (χ3n) is 2.69. The molecule has 2 rings (SSSR count). The number of hydrogen-bond donors (Lipinski definition) is 1. The van der Waals surface area contributed by atoms with Crippen LogP contribution in [0.2, 0.25) is 0 Å². The quantitative estimate of drug-likeness (QED) is 0.664. The first-order valence-corrected chi connectivity index (χ1v) is 5.20. The molecule has 0 aromatic heterocycles. The van der Waals surface area contributed by atoms with E-state index in [1.807, 2.05) is 6.07 Å². The van der Waals surface area contributed by atoms with Crippen molar-refractivity contribution in [1.82, 2.24) is 5.32 Å². The Labute approximate surface area is 84.3 Å². The fourth-order valence-electron chi connectivity index (χ4n) is 1.86. The molecule has 74 valence electrons. The number of amides is 1. The Morgan fingerprint density at radius 2 is 1.71 bits per heavy atom. The largest absolute Gasteiger partial charge is 0.352 e. The highest BCUT2D eigenvalue weighted by Gasteiger charge is 2.07. The van der Waals surface area contributed by atoms with Gasteiger partial charge in [-0.3, -0.25) is 4.79 Å². The van der Waals surface area contributed by atoms with Gasteiger partial charge in [-0.2, -0.15) is 0 Å². The molecule has 14 heavy (non-hydrogen) atoms. The summed E-state index contributed by atoms with van der Waals surface area (Å²) in [5.74, 6) is 0.182. The van der Waals surface area contributed by atoms with Crippen molar-refractivity contribution in [3.8, 4) is 0 Å². The second-order valence-corrected chi connectivity index (χ2v) is 3.75. The fraction of sp³-hybridized carbons (Fsp3) is 0.417. The van der Waals surface area contributed by atoms with E-state index in [0.29, 0.717) is 13.0 Å². The van der Waals surface area contributed by atoms with E-state index in [-0.39, 0.29) is 5.91 Å². The Morgan fingerprint density at radius 1 is 1.00 bits per heavy atom. The van der Waals surface area contributed by atoms with Crippen LogP contribution in [0.4, 0.5) is 0 Å². The van der Waals surface area contributed by atoms with Gasteiger partial charge in [0.25, 0.3) is 0 Å². The van der Waals surface area contributed by atoms with Crippen LogP contribution in [-0.2, 0) is 17.8 Å². The van der Waals surface area contributed by atoms with E-state index in [1.54, 1.807) is 0 Å². The number of hydrogen-bond acceptors (Lipinski definition) is 1. The Hall–Kier alpha value is -1.31. The average Bonchev–Trinajstić information content (AvgIpc) is 2.30. The van der Waals surface area contributed by atoms with E-state index in [9.17, 15) is 4.79 Å². The van der Waals surface area contributed by atoms with Gasteiger partial charge in [-0.05, 0) is 30.4 Å². The van der Waals surface area contributed by atoms with Gasteiger partial charge in [-0.15, -0.1) is 0 Å². The van der Waals surface area contributed by atoms with Crippen LogP contribution < -0.4 is 5.32 Å². The summed E-state index contributed by atoms with van der Waals surface area (Å²) >= 11 is 0. The maximum Gasteiger partial charge on any atom is 0.220 e. The van der Waals surface area contributed by atoms with E-state index < -0.39 is 0 Å². The molecule has 0 saturated heterocycles. The summed E-state index contributed by atoms with van der Waals surface area (Å²) in [7, 11) is 0. The summed E-state index contributed by atoms with van der Waals surface area (Å²) in [6.45, 7) is 0.689. The van der Waals surface area contributed by atoms with E-state index in [2.05, 4.69) is 23.5 Å². The second kappa shape index (κ2) is 4.27. The van der Waals surface area contributed by atoms with Gasteiger partial charge in [0, 0.05) is 13.0 Å². The summed E-state index contributed by atoms with van der Waals surface area (Å²) < 4.78 is 0. The third-order valence-corrected chi connectivity index (χ3v) is 2.69. The minimum absolute atomic E-state index is 0.182. The first-order valence-electron chi connectivity index (χ1n) is 5.20. The molecule has 0 saturated carbocycles. The maximum absolute atomic E-state index is 11.3. The van der Waals surface area contributed by atoms with E-state index in [1.165, 1.54) is 11.1 Å². The van der Waals surface area contributed by atoms with Crippen molar-refractivity contribution in [2.24, 2.45) is 0 Å². The van der Waals surface area contributed by atoms with Crippen LogP contribution in [0.15, 0.2) is 24.3 Å². The zero-order valence-corrected chi connectivity index (χ0v) is 8.25. The predicted octanol–water partition coefficient (Wildman–Crippen LogP) is 2.03. The molecule has 1 amide bonds. The van der Waals surface area contributed by atoms with Gasteiger partial charge in [0.2, 0.25) is 5.91 Å². The van der Waals surface area contributed by atoms with Gasteiger partial charge in [0.15, 0.2) is 0 Å². The number of aryl methyl sites for hydroxylation is 1. The number of fused-ring (bicyclic) bond motifs is 1. The van der Waals surface area contributed by atoms with Crippen LogP contribution >= 0.6 is 0 Å². The highest BCUT2D eigenvalue weighted by molar-refractivity contribution is 5.75. The predicted molar refractivity (Wildman–Crippen MR) is 55.8 cm³/mol. The number of benzene rings is 1. The van der Waals surface area contributed by atoms with Crippen molar-refractivity contribution in [2.75, 3.05) is 0 Å². The van der Waals surface area contributed by atoms with E-state index in [4.69, 9.17) is 0 Å². The molecule has 1 aromatic rings. The first-order chi connectivity index (χ1) is 6.86. The molecular weight excluding hydrogens is 174 g/mol. The smallest absolute Gasteiger partial charge is 0.220 e. The molecule has 0 bridgehead atoms. The van der Waals surface area contributed by atoms with Gasteiger partial charge in [-0.25, -0.2) is 0 Å². The highest BCUT2D eigenvalue weighted by atomic mass is 16.1. The zero-order valence-electron chi connectivity index (χ0n) is 8.25. The molecule has 1 N–H and O–H groups in total. The summed E-state index contributed by atoms with van der Waals surface area (Å²) in [5, 5.41) is 2.94. The van der Waals surface area contributed by atoms with E-state index >= 15 is 0 Å². The summed E-state index contributed by atoms with van der Waals surface area (Å²) in [5.41, 5.74) is 2.65. The number of carbonyl (C=O) groups excluding carboxylic acids is 1. The fourth-order valence-corrected chi connectivity index (χ4v) is 1.86. The van der Waals surface area contributed by atoms with Crippen molar-refractivity contribution in [3.63, 3.8) is 0 Å². The van der Waals surface area contributed by atoms with Crippen LogP contribution in [0.1, 0.15) is 30.4 Å². The Morgan fingerprint density at radius 3 is 2.57 bits per heavy atom. The lowest BCUT2D eigenvalue weighted by molar-refractivity contribution is -0.121. The summed E-state index contributed by atoms with van der Waals surface area (Å²) in [6.07, 6.45) is 3.89. The Kier molecular flexibility index (Phi) is 2.82. The lowest BCUT2D eigenvalue weighted by atomic mass is 10.0. The van der Waals surface area contributed by atoms with Crippen LogP contribution in [0.5, 0.6) is 0 Å². The monoisotopic (exact) mass is 189 g/mol. The molecule has 1 heterocycles. The molecule has 1 aromatic carbocycles. The van der Waals surface area contributed by atoms with Crippen molar-refractivity contribution in [2.45, 2.75) is 32.2 Å². The van der Waals surface area contributed by atoms with Crippen molar-refractivity contribution >= 4 is 5.91 Å². The average molecular weight is 189 g/mol. The van der Waals surface area contributed by atoms with Gasteiger partial charge < -0.3 is 5.32 Å². The van der Waals surface area contributed by atoms with Crippen LogP contribution in [0.3, 0.4) is 0 Å². The second-order valence-electron chi connectivity index (χ2n) is 3.75. The topological polar surface area (TPSA) is 29.1 Å². The van der Waals surface area contributed by atoms with E-state index in [0.717, 1.165) is 19.3 Å². The molecule has 1 aliphatic rings. The van der Waals surface area contributed by atoms with Crippen molar-refractivity contribution < 1.29 is 4.79 Å². The SMILES string of the molecule is O=C1CCCCc2ccccc2CN1. The molecule has 2 nitrogen and oxygen atoms in total. The van der Waals surface area contributed by atoms with Gasteiger partial charge in [0.1, 0.15) is 0 Å². The first kappa shape index (κ1) is 9.25. The minimum Gasteiger partial charge on any atom is -0.352 e. The number of carbonyl (C=O) groups is 1. The molecular formula is C12H15NO. The zero-order chi connectivity index (χ0) is 9.80. The molecule has 0 fully saturated rings. The highest BCUT2D eigenvalue weighted by Crippen LogP contribution is 2.14. The van der Waals surface area contributed by atoms with Gasteiger partial charge in [0.05, 0.1) is 0 Å². The minimum atomic E-state index is 0.182. The van der Waals surface area contributed by atoms with Gasteiger partial charge in [-0.1, -0.05) is 24.3 Å². The lowest BCUT2D eigenvalue weighted by Gasteiger charge is -2.07. The Bertz CT molecular complexity index is 333. The van der Waals surface area contributed by atoms with Crippen LogP contribution in [-0.4, -0.2) is 5.91 Å². The summed E-state index contributed by atoms with van der Waals surface area (Å²) in [6, 6.07) is 8.36. The van der Waals surface area contributed by atoms with Crippen LogP contribution in [0.25, 0.3) is 0 Å². The Balaban J connectivity index is 2.20. The molecule has 0 unspecified atom stereocenters. The molecule has 1 aliphatic heterocycles. The third kappa shape index (κ3) is 2.13. The molecule has 0 spiro atoms. The standard InChI is InChI=1S/C12H15NO/c14-12-8-4-3-6-10-5-1-2-7-11(10)9-13-12/h1-2,5,7H,3-4,6,8-9H2,(H,13,14). The van der Waals surface area contributed by atoms with Crippen molar-refractivity contribution in [3.05, 3.63) is 35.4 Å². The summed E-state index contributed by atoms with van der Waals surface area (Å²) in [4.78, 5) is 11.3. The molecule has 0 radical (unpaired) electrons. The lowest BCUT2D eigenvalue weighted by Crippen LogP contribution is -2.22. The molecule has 0 atom stereocenters.